The van der Waals surface area contributed by atoms with Gasteiger partial charge in [-0.25, -0.2) is 4.79 Å². The second-order valence-corrected chi connectivity index (χ2v) is 5.03. The van der Waals surface area contributed by atoms with Gasteiger partial charge in [0, 0.05) is 0 Å². The number of nitrogens with one attached hydrogen (secondary N) is 2. The molecule has 6 nitrogen and oxygen atoms in total. The van der Waals surface area contributed by atoms with Gasteiger partial charge in [-0.2, -0.15) is 0 Å². The first-order valence-corrected chi connectivity index (χ1v) is 7.01. The predicted molar refractivity (Wildman–Crippen MR) is 80.4 cm³/mol. The lowest BCUT2D eigenvalue weighted by Crippen LogP contribution is -2.52. The molecule has 0 saturated carbocycles. The van der Waals surface area contributed by atoms with Gasteiger partial charge in [0.1, 0.15) is 6.04 Å². The molecule has 1 aromatic carbocycles. The summed E-state index contributed by atoms with van der Waals surface area (Å²) in [6.07, 6.45) is 0.716. The van der Waals surface area contributed by atoms with E-state index in [-0.39, 0.29) is 18.4 Å². The quantitative estimate of drug-likeness (QED) is 0.601. The van der Waals surface area contributed by atoms with Gasteiger partial charge in [0.05, 0.1) is 12.6 Å². The summed E-state index contributed by atoms with van der Waals surface area (Å²) in [6, 6.07) is 7.19. The summed E-state index contributed by atoms with van der Waals surface area (Å²) in [6.45, 7) is 3.56. The number of rotatable bonds is 7. The molecule has 0 radical (unpaired) electrons. The third-order valence-corrected chi connectivity index (χ3v) is 3.49. The van der Waals surface area contributed by atoms with Crippen LogP contribution >= 0.6 is 0 Å². The number of benzene rings is 1. The van der Waals surface area contributed by atoms with E-state index in [0.717, 1.165) is 5.56 Å². The first-order chi connectivity index (χ1) is 9.99. The molecule has 0 bridgehead atoms. The number of carbonyl (C=O) groups is 2. The molecule has 3 unspecified atom stereocenters. The number of hydrogen-bond donors (Lipinski definition) is 4. The van der Waals surface area contributed by atoms with E-state index in [4.69, 9.17) is 5.73 Å². The van der Waals surface area contributed by atoms with Crippen LogP contribution in [0.15, 0.2) is 30.3 Å². The Morgan fingerprint density at radius 2 is 1.86 bits per heavy atom. The standard InChI is InChI=1S/C15H23N3O3/c1-3-10(2)13(18-15(16)21)14(20)17-12(9-19)11-7-5-4-6-8-11/h4-8,10,12-13,19H,3,9H2,1-2H3,(H,17,20)(H3,16,18,21). The summed E-state index contributed by atoms with van der Waals surface area (Å²) >= 11 is 0. The van der Waals surface area contributed by atoms with E-state index in [9.17, 15) is 14.7 Å². The molecule has 0 saturated heterocycles. The van der Waals surface area contributed by atoms with Gasteiger partial charge in [0.15, 0.2) is 0 Å². The van der Waals surface area contributed by atoms with Crippen molar-refractivity contribution in [2.45, 2.75) is 32.4 Å². The largest absolute Gasteiger partial charge is 0.394 e. The Hall–Kier alpha value is -2.08. The number of nitrogens with two attached hydrogens (primary N) is 1. The summed E-state index contributed by atoms with van der Waals surface area (Å²) in [5.41, 5.74) is 5.92. The minimum absolute atomic E-state index is 0.0624. The van der Waals surface area contributed by atoms with Gasteiger partial charge in [-0.15, -0.1) is 0 Å². The van der Waals surface area contributed by atoms with E-state index in [0.29, 0.717) is 6.42 Å². The number of urea groups is 1. The molecule has 0 fully saturated rings. The van der Waals surface area contributed by atoms with Crippen molar-refractivity contribution >= 4 is 11.9 Å². The molecular weight excluding hydrogens is 270 g/mol. The number of amides is 3. The highest BCUT2D eigenvalue weighted by Gasteiger charge is 2.27. The lowest BCUT2D eigenvalue weighted by Gasteiger charge is -2.25. The fourth-order valence-electron chi connectivity index (χ4n) is 2.04. The summed E-state index contributed by atoms with van der Waals surface area (Å²) in [5, 5.41) is 14.7. The van der Waals surface area contributed by atoms with Crippen molar-refractivity contribution < 1.29 is 14.7 Å². The second-order valence-electron chi connectivity index (χ2n) is 5.03. The Morgan fingerprint density at radius 3 is 2.33 bits per heavy atom. The first kappa shape index (κ1) is 17.0. The minimum Gasteiger partial charge on any atom is -0.394 e. The zero-order valence-corrected chi connectivity index (χ0v) is 12.4. The van der Waals surface area contributed by atoms with Gasteiger partial charge < -0.3 is 21.5 Å². The summed E-state index contributed by atoms with van der Waals surface area (Å²) in [7, 11) is 0. The number of aliphatic hydroxyl groups excluding tert-OH is 1. The average Bonchev–Trinajstić information content (AvgIpc) is 2.49. The highest BCUT2D eigenvalue weighted by Crippen LogP contribution is 2.14. The predicted octanol–water partition coefficient (Wildman–Crippen LogP) is 0.919. The van der Waals surface area contributed by atoms with E-state index in [1.165, 1.54) is 0 Å². The van der Waals surface area contributed by atoms with Crippen molar-refractivity contribution in [2.24, 2.45) is 11.7 Å². The number of primary amides is 1. The molecule has 21 heavy (non-hydrogen) atoms. The van der Waals surface area contributed by atoms with Crippen molar-refractivity contribution in [1.82, 2.24) is 10.6 Å². The van der Waals surface area contributed by atoms with E-state index >= 15 is 0 Å². The van der Waals surface area contributed by atoms with Gasteiger partial charge in [-0.1, -0.05) is 50.6 Å². The third kappa shape index (κ3) is 5.07. The molecule has 0 aliphatic rings. The molecule has 0 spiro atoms. The van der Waals surface area contributed by atoms with Crippen molar-refractivity contribution in [1.29, 1.82) is 0 Å². The topological polar surface area (TPSA) is 104 Å². The Labute approximate surface area is 124 Å². The van der Waals surface area contributed by atoms with E-state index in [1.54, 1.807) is 0 Å². The van der Waals surface area contributed by atoms with Crippen molar-refractivity contribution in [2.75, 3.05) is 6.61 Å². The van der Waals surface area contributed by atoms with Gasteiger partial charge >= 0.3 is 6.03 Å². The number of aliphatic hydroxyl groups is 1. The lowest BCUT2D eigenvalue weighted by molar-refractivity contribution is -0.125. The van der Waals surface area contributed by atoms with Crippen molar-refractivity contribution in [3.63, 3.8) is 0 Å². The zero-order chi connectivity index (χ0) is 15.8. The van der Waals surface area contributed by atoms with Crippen LogP contribution in [0.5, 0.6) is 0 Å². The molecule has 0 aromatic heterocycles. The van der Waals surface area contributed by atoms with E-state index in [1.807, 2.05) is 44.2 Å². The molecule has 1 aromatic rings. The Bertz CT molecular complexity index is 464. The maximum atomic E-state index is 12.3. The Balaban J connectivity index is 2.81. The van der Waals surface area contributed by atoms with Crippen molar-refractivity contribution in [3.05, 3.63) is 35.9 Å². The van der Waals surface area contributed by atoms with Gasteiger partial charge in [0.25, 0.3) is 0 Å². The van der Waals surface area contributed by atoms with Crippen LogP contribution in [0.3, 0.4) is 0 Å². The molecule has 116 valence electrons. The van der Waals surface area contributed by atoms with Crippen LogP contribution in [-0.4, -0.2) is 29.7 Å². The molecule has 1 rings (SSSR count). The fourth-order valence-corrected chi connectivity index (χ4v) is 2.04. The lowest BCUT2D eigenvalue weighted by atomic mass is 9.97. The average molecular weight is 293 g/mol. The minimum atomic E-state index is -0.740. The monoisotopic (exact) mass is 293 g/mol. The van der Waals surface area contributed by atoms with Crippen LogP contribution in [0.2, 0.25) is 0 Å². The molecule has 6 heteroatoms. The Kier molecular flexibility index (Phi) is 6.68. The molecule has 5 N–H and O–H groups in total. The molecule has 0 aliphatic carbocycles. The zero-order valence-electron chi connectivity index (χ0n) is 12.4. The second kappa shape index (κ2) is 8.26. The highest BCUT2D eigenvalue weighted by atomic mass is 16.3. The maximum Gasteiger partial charge on any atom is 0.312 e. The SMILES string of the molecule is CCC(C)C(NC(N)=O)C(=O)NC(CO)c1ccccc1. The summed E-state index contributed by atoms with van der Waals surface area (Å²) in [4.78, 5) is 23.4. The van der Waals surface area contributed by atoms with Gasteiger partial charge in [-0.3, -0.25) is 4.79 Å². The molecule has 0 heterocycles. The maximum absolute atomic E-state index is 12.3. The van der Waals surface area contributed by atoms with E-state index in [2.05, 4.69) is 10.6 Å². The first-order valence-electron chi connectivity index (χ1n) is 7.01. The summed E-state index contributed by atoms with van der Waals surface area (Å²) < 4.78 is 0. The molecule has 0 aliphatic heterocycles. The van der Waals surface area contributed by atoms with Gasteiger partial charge in [0.2, 0.25) is 5.91 Å². The summed E-state index contributed by atoms with van der Waals surface area (Å²) in [5.74, 6) is -0.418. The third-order valence-electron chi connectivity index (χ3n) is 3.49. The van der Waals surface area contributed by atoms with Crippen LogP contribution in [-0.2, 0) is 4.79 Å². The highest BCUT2D eigenvalue weighted by molar-refractivity contribution is 5.87. The fraction of sp³-hybridized carbons (Fsp3) is 0.467. The van der Waals surface area contributed by atoms with E-state index < -0.39 is 18.1 Å². The van der Waals surface area contributed by atoms with Crippen LogP contribution in [0.4, 0.5) is 4.79 Å². The Morgan fingerprint density at radius 1 is 1.24 bits per heavy atom. The van der Waals surface area contributed by atoms with Crippen LogP contribution in [0, 0.1) is 5.92 Å². The molecular formula is C15H23N3O3. The number of carbonyl (C=O) groups excluding carboxylic acids is 2. The van der Waals surface area contributed by atoms with Crippen LogP contribution in [0.1, 0.15) is 31.9 Å². The van der Waals surface area contributed by atoms with Crippen LogP contribution < -0.4 is 16.4 Å². The number of hydrogen-bond acceptors (Lipinski definition) is 3. The smallest absolute Gasteiger partial charge is 0.312 e. The van der Waals surface area contributed by atoms with Crippen molar-refractivity contribution in [3.8, 4) is 0 Å². The molecule has 3 atom stereocenters. The normalized spacial score (nSPS) is 14.8. The molecule has 3 amide bonds. The van der Waals surface area contributed by atoms with Crippen LogP contribution in [0.25, 0.3) is 0 Å². The van der Waals surface area contributed by atoms with Gasteiger partial charge in [-0.05, 0) is 11.5 Å².